The topological polar surface area (TPSA) is 39.2 Å². The van der Waals surface area contributed by atoms with E-state index in [0.29, 0.717) is 0 Å². The zero-order valence-corrected chi connectivity index (χ0v) is 11.3. The third-order valence-corrected chi connectivity index (χ3v) is 3.04. The molecule has 2 rings (SSSR count). The molecule has 110 valence electrons. The van der Waals surface area contributed by atoms with Crippen LogP contribution in [0.2, 0.25) is 5.02 Å². The van der Waals surface area contributed by atoms with Crippen LogP contribution in [0.5, 0.6) is 0 Å². The molecule has 0 atom stereocenters. The largest absolute Gasteiger partial charge is 0.461 e. The minimum Gasteiger partial charge on any atom is -0.461 e. The predicted octanol–water partition coefficient (Wildman–Crippen LogP) is 3.44. The van der Waals surface area contributed by atoms with Crippen molar-refractivity contribution in [1.82, 2.24) is 4.98 Å². The standard InChI is InChI=1S/C14H9ClF3NO2/c15-11-9(12(16)14(18)19-13(11)17)6-10(20)21-7-8-4-2-1-3-5-8/h1-5H,6-7H2. The lowest BCUT2D eigenvalue weighted by atomic mass is 10.2. The van der Waals surface area contributed by atoms with E-state index < -0.39 is 40.7 Å². The Morgan fingerprint density at radius 3 is 2.48 bits per heavy atom. The minimum atomic E-state index is -1.65. The number of carbonyl (C=O) groups is 1. The molecule has 0 aliphatic carbocycles. The van der Waals surface area contributed by atoms with Gasteiger partial charge in [-0.15, -0.1) is 0 Å². The number of carbonyl (C=O) groups excluding carboxylic acids is 1. The van der Waals surface area contributed by atoms with E-state index in [1.807, 2.05) is 0 Å². The number of halogens is 4. The minimum absolute atomic E-state index is 0.0328. The SMILES string of the molecule is O=C(Cc1c(F)c(F)nc(F)c1Cl)OCc1ccccc1. The Morgan fingerprint density at radius 1 is 1.14 bits per heavy atom. The zero-order valence-electron chi connectivity index (χ0n) is 10.6. The molecule has 2 aromatic rings. The van der Waals surface area contributed by atoms with Crippen LogP contribution in [-0.2, 0) is 22.6 Å². The first kappa shape index (κ1) is 15.3. The first-order valence-corrected chi connectivity index (χ1v) is 6.25. The summed E-state index contributed by atoms with van der Waals surface area (Å²) in [6.45, 7) is -0.0328. The molecule has 1 heterocycles. The maximum Gasteiger partial charge on any atom is 0.310 e. The Hall–Kier alpha value is -2.08. The van der Waals surface area contributed by atoms with Gasteiger partial charge in [0.25, 0.3) is 5.95 Å². The van der Waals surface area contributed by atoms with Gasteiger partial charge in [0.05, 0.1) is 6.42 Å². The van der Waals surface area contributed by atoms with Crippen molar-refractivity contribution in [3.63, 3.8) is 0 Å². The fraction of sp³-hybridized carbons (Fsp3) is 0.143. The van der Waals surface area contributed by atoms with Crippen molar-refractivity contribution in [2.45, 2.75) is 13.0 Å². The van der Waals surface area contributed by atoms with Gasteiger partial charge in [-0.25, -0.2) is 4.39 Å². The lowest BCUT2D eigenvalue weighted by Gasteiger charge is -2.08. The number of benzene rings is 1. The molecule has 1 aromatic carbocycles. The summed E-state index contributed by atoms with van der Waals surface area (Å²) in [5.41, 5.74) is 0.115. The molecule has 3 nitrogen and oxygen atoms in total. The lowest BCUT2D eigenvalue weighted by Crippen LogP contribution is -2.12. The van der Waals surface area contributed by atoms with Gasteiger partial charge in [0.15, 0.2) is 5.82 Å². The van der Waals surface area contributed by atoms with E-state index >= 15 is 0 Å². The monoisotopic (exact) mass is 315 g/mol. The molecule has 21 heavy (non-hydrogen) atoms. The molecule has 0 saturated carbocycles. The summed E-state index contributed by atoms with van der Waals surface area (Å²) < 4.78 is 44.5. The van der Waals surface area contributed by atoms with Gasteiger partial charge in [-0.1, -0.05) is 41.9 Å². The van der Waals surface area contributed by atoms with Gasteiger partial charge in [-0.3, -0.25) is 4.79 Å². The fourth-order valence-electron chi connectivity index (χ4n) is 1.62. The highest BCUT2D eigenvalue weighted by molar-refractivity contribution is 6.31. The second kappa shape index (κ2) is 6.58. The molecule has 0 saturated heterocycles. The molecule has 0 unspecified atom stereocenters. The molecule has 0 N–H and O–H groups in total. The van der Waals surface area contributed by atoms with E-state index in [4.69, 9.17) is 16.3 Å². The van der Waals surface area contributed by atoms with Crippen LogP contribution in [0.3, 0.4) is 0 Å². The summed E-state index contributed by atoms with van der Waals surface area (Å²) >= 11 is 5.48. The molecule has 0 aliphatic heterocycles. The van der Waals surface area contributed by atoms with E-state index in [1.165, 1.54) is 0 Å². The Labute approximate surface area is 123 Å². The van der Waals surface area contributed by atoms with Crippen molar-refractivity contribution in [3.05, 3.63) is 64.2 Å². The summed E-state index contributed by atoms with van der Waals surface area (Å²) in [6.07, 6.45) is -0.687. The van der Waals surface area contributed by atoms with Crippen LogP contribution in [0.4, 0.5) is 13.2 Å². The van der Waals surface area contributed by atoms with Crippen molar-refractivity contribution in [2.24, 2.45) is 0 Å². The van der Waals surface area contributed by atoms with Crippen LogP contribution in [-0.4, -0.2) is 11.0 Å². The molecule has 0 bridgehead atoms. The summed E-state index contributed by atoms with van der Waals surface area (Å²) in [7, 11) is 0. The number of aromatic nitrogens is 1. The second-order valence-corrected chi connectivity index (χ2v) is 4.50. The maximum absolute atomic E-state index is 13.5. The van der Waals surface area contributed by atoms with E-state index in [0.717, 1.165) is 5.56 Å². The molecule has 0 radical (unpaired) electrons. The number of esters is 1. The van der Waals surface area contributed by atoms with Crippen molar-refractivity contribution < 1.29 is 22.7 Å². The molecule has 0 fully saturated rings. The van der Waals surface area contributed by atoms with Crippen LogP contribution < -0.4 is 0 Å². The van der Waals surface area contributed by atoms with Crippen LogP contribution in [0, 0.1) is 17.7 Å². The van der Waals surface area contributed by atoms with Gasteiger partial charge in [0, 0.05) is 5.56 Å². The van der Waals surface area contributed by atoms with Gasteiger partial charge < -0.3 is 4.74 Å². The van der Waals surface area contributed by atoms with Crippen molar-refractivity contribution in [2.75, 3.05) is 0 Å². The Balaban J connectivity index is 2.07. The summed E-state index contributed by atoms with van der Waals surface area (Å²) in [4.78, 5) is 14.2. The van der Waals surface area contributed by atoms with Crippen LogP contribution in [0.25, 0.3) is 0 Å². The Bertz CT molecular complexity index is 639. The number of ether oxygens (including phenoxy) is 1. The molecule has 0 spiro atoms. The second-order valence-electron chi connectivity index (χ2n) is 4.12. The normalized spacial score (nSPS) is 10.5. The molecule has 1 aromatic heterocycles. The number of hydrogen-bond donors (Lipinski definition) is 0. The van der Waals surface area contributed by atoms with Crippen LogP contribution in [0.1, 0.15) is 11.1 Å². The van der Waals surface area contributed by atoms with Crippen LogP contribution in [0.15, 0.2) is 30.3 Å². The first-order valence-electron chi connectivity index (χ1n) is 5.87. The molecular formula is C14H9ClF3NO2. The number of pyridine rings is 1. The number of rotatable bonds is 4. The average Bonchev–Trinajstić information content (AvgIpc) is 2.48. The van der Waals surface area contributed by atoms with Crippen molar-refractivity contribution >= 4 is 17.6 Å². The van der Waals surface area contributed by atoms with Crippen molar-refractivity contribution in [1.29, 1.82) is 0 Å². The predicted molar refractivity (Wildman–Crippen MR) is 69.1 cm³/mol. The highest BCUT2D eigenvalue weighted by atomic mass is 35.5. The molecular weight excluding hydrogens is 307 g/mol. The maximum atomic E-state index is 13.5. The average molecular weight is 316 g/mol. The van der Waals surface area contributed by atoms with Gasteiger partial charge in [-0.05, 0) is 5.56 Å². The fourth-order valence-corrected chi connectivity index (χ4v) is 1.81. The third-order valence-electron chi connectivity index (χ3n) is 2.65. The highest BCUT2D eigenvalue weighted by Gasteiger charge is 2.21. The Kier molecular flexibility index (Phi) is 4.80. The van der Waals surface area contributed by atoms with Crippen molar-refractivity contribution in [3.8, 4) is 0 Å². The van der Waals surface area contributed by atoms with Crippen LogP contribution >= 0.6 is 11.6 Å². The summed E-state index contributed by atoms with van der Waals surface area (Å²) in [5, 5.41) is -0.731. The number of hydrogen-bond acceptors (Lipinski definition) is 3. The molecule has 7 heteroatoms. The van der Waals surface area contributed by atoms with E-state index in [1.54, 1.807) is 30.3 Å². The molecule has 0 aliphatic rings. The highest BCUT2D eigenvalue weighted by Crippen LogP contribution is 2.23. The summed E-state index contributed by atoms with van der Waals surface area (Å²) in [6, 6.07) is 8.77. The van der Waals surface area contributed by atoms with E-state index in [2.05, 4.69) is 4.98 Å². The zero-order chi connectivity index (χ0) is 15.4. The van der Waals surface area contributed by atoms with E-state index in [9.17, 15) is 18.0 Å². The molecule has 0 amide bonds. The smallest absolute Gasteiger partial charge is 0.310 e. The van der Waals surface area contributed by atoms with Gasteiger partial charge >= 0.3 is 5.97 Å². The number of nitrogens with zero attached hydrogens (tertiary/aromatic N) is 1. The Morgan fingerprint density at radius 2 is 1.81 bits per heavy atom. The quantitative estimate of drug-likeness (QED) is 0.641. The lowest BCUT2D eigenvalue weighted by molar-refractivity contribution is -0.144. The van der Waals surface area contributed by atoms with E-state index in [-0.39, 0.29) is 6.61 Å². The van der Waals surface area contributed by atoms with Gasteiger partial charge in [0.1, 0.15) is 11.6 Å². The van der Waals surface area contributed by atoms with Gasteiger partial charge in [-0.2, -0.15) is 13.8 Å². The third kappa shape index (κ3) is 3.72. The first-order chi connectivity index (χ1) is 9.99. The van der Waals surface area contributed by atoms with Gasteiger partial charge in [0.2, 0.25) is 5.95 Å². The summed E-state index contributed by atoms with van der Waals surface area (Å²) in [5.74, 6) is -5.34.